The largest absolute Gasteiger partial charge is 0.363 e. The van der Waals surface area contributed by atoms with Crippen LogP contribution in [0.25, 0.3) is 10.9 Å². The van der Waals surface area contributed by atoms with Crippen molar-refractivity contribution in [3.63, 3.8) is 0 Å². The molecule has 178 valence electrons. The summed E-state index contributed by atoms with van der Waals surface area (Å²) in [6.45, 7) is 5.56. The van der Waals surface area contributed by atoms with E-state index in [9.17, 15) is 9.59 Å². The van der Waals surface area contributed by atoms with Crippen molar-refractivity contribution in [2.75, 3.05) is 11.4 Å². The molecule has 0 aliphatic carbocycles. The highest BCUT2D eigenvalue weighted by molar-refractivity contribution is 5.94. The number of fused-ring (bicyclic) bond motifs is 1. The Labute approximate surface area is 204 Å². The molecule has 0 fully saturated rings. The summed E-state index contributed by atoms with van der Waals surface area (Å²) in [5.74, 6) is 0.558. The first-order valence-electron chi connectivity index (χ1n) is 11.6. The Morgan fingerprint density at radius 1 is 1.11 bits per heavy atom. The molecule has 4 aromatic rings. The van der Waals surface area contributed by atoms with Crippen LogP contribution in [-0.2, 0) is 20.1 Å². The van der Waals surface area contributed by atoms with Crippen molar-refractivity contribution in [2.24, 2.45) is 7.05 Å². The van der Waals surface area contributed by atoms with Gasteiger partial charge >= 0.3 is 0 Å². The normalized spacial score (nSPS) is 11.2. The number of rotatable bonds is 8. The smallest absolute Gasteiger partial charge is 0.261 e. The van der Waals surface area contributed by atoms with Crippen LogP contribution < -0.4 is 15.8 Å². The number of allylic oxidation sites excluding steroid dienone is 1. The van der Waals surface area contributed by atoms with Crippen molar-refractivity contribution >= 4 is 22.5 Å². The number of nitrogens with zero attached hydrogens (tertiary/aromatic N) is 4. The van der Waals surface area contributed by atoms with E-state index in [-0.39, 0.29) is 11.5 Å². The molecule has 2 heterocycles. The van der Waals surface area contributed by atoms with E-state index < -0.39 is 0 Å². The average molecular weight is 468 g/mol. The summed E-state index contributed by atoms with van der Waals surface area (Å²) in [7, 11) is 1.74. The van der Waals surface area contributed by atoms with Crippen molar-refractivity contribution in [1.82, 2.24) is 19.9 Å². The van der Waals surface area contributed by atoms with Gasteiger partial charge < -0.3 is 10.2 Å². The van der Waals surface area contributed by atoms with E-state index >= 15 is 0 Å². The number of hydrogen-bond acceptors (Lipinski definition) is 5. The lowest BCUT2D eigenvalue weighted by Crippen LogP contribution is -2.25. The maximum absolute atomic E-state index is 12.7. The van der Waals surface area contributed by atoms with Crippen LogP contribution in [0.3, 0.4) is 0 Å². The molecule has 0 radical (unpaired) electrons. The predicted molar refractivity (Wildman–Crippen MR) is 139 cm³/mol. The lowest BCUT2D eigenvalue weighted by molar-refractivity contribution is 0.0951. The van der Waals surface area contributed by atoms with Crippen LogP contribution in [0.4, 0.5) is 5.69 Å². The van der Waals surface area contributed by atoms with E-state index in [2.05, 4.69) is 26.3 Å². The zero-order chi connectivity index (χ0) is 24.8. The van der Waals surface area contributed by atoms with Gasteiger partial charge in [0.05, 0.1) is 10.9 Å². The molecule has 2 aromatic heterocycles. The average Bonchev–Trinajstić information content (AvgIpc) is 2.89. The number of aromatic nitrogens is 3. The highest BCUT2D eigenvalue weighted by atomic mass is 16.1. The summed E-state index contributed by atoms with van der Waals surface area (Å²) in [5, 5.41) is 3.54. The molecule has 2 aromatic carbocycles. The number of amides is 1. The molecule has 7 heteroatoms. The van der Waals surface area contributed by atoms with Gasteiger partial charge in [-0.05, 0) is 67.4 Å². The number of hydrogen-bond donors (Lipinski definition) is 1. The first-order valence-corrected chi connectivity index (χ1v) is 11.6. The number of pyridine rings is 1. The van der Waals surface area contributed by atoms with Gasteiger partial charge in [-0.15, -0.1) is 0 Å². The lowest BCUT2D eigenvalue weighted by Gasteiger charge is -2.24. The second-order valence-electron chi connectivity index (χ2n) is 8.42. The first kappa shape index (κ1) is 23.9. The van der Waals surface area contributed by atoms with Gasteiger partial charge in [0.1, 0.15) is 5.82 Å². The molecule has 0 aliphatic rings. The van der Waals surface area contributed by atoms with E-state index in [0.29, 0.717) is 41.9 Å². The zero-order valence-electron chi connectivity index (χ0n) is 20.2. The second-order valence-corrected chi connectivity index (χ2v) is 8.42. The number of nitrogens with one attached hydrogen (secondary N) is 1. The Morgan fingerprint density at radius 3 is 2.63 bits per heavy atom. The Bertz CT molecular complexity index is 1410. The van der Waals surface area contributed by atoms with Crippen molar-refractivity contribution in [2.45, 2.75) is 26.9 Å². The summed E-state index contributed by atoms with van der Waals surface area (Å²) in [6, 6.07) is 17.2. The third-order valence-electron chi connectivity index (χ3n) is 5.97. The van der Waals surface area contributed by atoms with Crippen LogP contribution in [0.5, 0.6) is 0 Å². The van der Waals surface area contributed by atoms with Gasteiger partial charge in [0.25, 0.3) is 11.5 Å². The van der Waals surface area contributed by atoms with Gasteiger partial charge in [-0.25, -0.2) is 4.98 Å². The molecule has 1 amide bonds. The zero-order valence-corrected chi connectivity index (χ0v) is 20.2. The number of carbonyl (C=O) groups excluding carboxylic acids is 1. The van der Waals surface area contributed by atoms with E-state index in [1.54, 1.807) is 24.0 Å². The maximum atomic E-state index is 12.7. The third-order valence-corrected chi connectivity index (χ3v) is 5.97. The topological polar surface area (TPSA) is 80.1 Å². The fraction of sp³-hybridized carbons (Fsp3) is 0.214. The summed E-state index contributed by atoms with van der Waals surface area (Å²) in [6.07, 6.45) is 7.54. The molecular weight excluding hydrogens is 438 g/mol. The maximum Gasteiger partial charge on any atom is 0.261 e. The second kappa shape index (κ2) is 10.8. The molecule has 0 unspecified atom stereocenters. The summed E-state index contributed by atoms with van der Waals surface area (Å²) in [5.41, 5.74) is 4.21. The summed E-state index contributed by atoms with van der Waals surface area (Å²) >= 11 is 0. The van der Waals surface area contributed by atoms with Crippen LogP contribution >= 0.6 is 0 Å². The Kier molecular flexibility index (Phi) is 7.35. The molecular formula is C28H29N5O2. The molecule has 1 N–H and O–H groups in total. The van der Waals surface area contributed by atoms with Crippen molar-refractivity contribution in [3.8, 4) is 0 Å². The highest BCUT2D eigenvalue weighted by Crippen LogP contribution is 2.20. The van der Waals surface area contributed by atoms with Gasteiger partial charge in [-0.3, -0.25) is 19.1 Å². The Balaban J connectivity index is 1.52. The highest BCUT2D eigenvalue weighted by Gasteiger charge is 2.12. The van der Waals surface area contributed by atoms with Crippen molar-refractivity contribution in [3.05, 3.63) is 112 Å². The van der Waals surface area contributed by atoms with Crippen LogP contribution in [0.15, 0.2) is 83.9 Å². The van der Waals surface area contributed by atoms with Gasteiger partial charge in [-0.1, -0.05) is 24.3 Å². The molecule has 0 saturated heterocycles. The third kappa shape index (κ3) is 5.63. The predicted octanol–water partition coefficient (Wildman–Crippen LogP) is 4.15. The van der Waals surface area contributed by atoms with Crippen molar-refractivity contribution in [1.29, 1.82) is 0 Å². The minimum atomic E-state index is -0.131. The molecule has 0 atom stereocenters. The molecule has 4 rings (SSSR count). The molecule has 0 aliphatic heterocycles. The molecule has 0 bridgehead atoms. The standard InChI is InChI=1S/C28H29N5O2/c1-4-5-15-33(19-21-8-13-26-25(16-21)28(35)32(3)20(2)31-26)24-11-9-23(10-12-24)27(34)30-18-22-7-6-14-29-17-22/h4-14,16-17H,15,18-19H2,1-3H3,(H,30,34)/b5-4+. The fourth-order valence-corrected chi connectivity index (χ4v) is 3.85. The Hall–Kier alpha value is -4.26. The van der Waals surface area contributed by atoms with Crippen molar-refractivity contribution < 1.29 is 4.79 Å². The minimum absolute atomic E-state index is 0.0454. The van der Waals surface area contributed by atoms with Crippen LogP contribution in [0, 0.1) is 6.92 Å². The molecule has 0 saturated carbocycles. The van der Waals surface area contributed by atoms with Gasteiger partial charge in [-0.2, -0.15) is 0 Å². The summed E-state index contributed by atoms with van der Waals surface area (Å²) < 4.78 is 1.57. The minimum Gasteiger partial charge on any atom is -0.363 e. The SMILES string of the molecule is C/C=C/CN(Cc1ccc2nc(C)n(C)c(=O)c2c1)c1ccc(C(=O)NCc2cccnc2)cc1. The van der Waals surface area contributed by atoms with E-state index in [1.807, 2.05) is 74.5 Å². The van der Waals surface area contributed by atoms with E-state index in [1.165, 1.54) is 0 Å². The van der Waals surface area contributed by atoms with Gasteiger partial charge in [0.15, 0.2) is 0 Å². The fourth-order valence-electron chi connectivity index (χ4n) is 3.85. The van der Waals surface area contributed by atoms with E-state index in [0.717, 1.165) is 16.8 Å². The van der Waals surface area contributed by atoms with Crippen LogP contribution in [0.1, 0.15) is 34.2 Å². The molecule has 0 spiro atoms. The van der Waals surface area contributed by atoms with Crippen LogP contribution in [0.2, 0.25) is 0 Å². The van der Waals surface area contributed by atoms with Crippen LogP contribution in [-0.4, -0.2) is 27.0 Å². The van der Waals surface area contributed by atoms with Gasteiger partial charge in [0.2, 0.25) is 0 Å². The number of benzene rings is 2. The Morgan fingerprint density at radius 2 is 1.91 bits per heavy atom. The number of carbonyl (C=O) groups is 1. The summed E-state index contributed by atoms with van der Waals surface area (Å²) in [4.78, 5) is 36.1. The quantitative estimate of drug-likeness (QED) is 0.394. The molecule has 35 heavy (non-hydrogen) atoms. The number of aryl methyl sites for hydroxylation is 1. The van der Waals surface area contributed by atoms with E-state index in [4.69, 9.17) is 0 Å². The molecule has 7 nitrogen and oxygen atoms in total. The number of anilines is 1. The lowest BCUT2D eigenvalue weighted by atomic mass is 10.1. The monoisotopic (exact) mass is 467 g/mol. The first-order chi connectivity index (χ1) is 17.0. The van der Waals surface area contributed by atoms with Gasteiger partial charge in [0, 0.05) is 50.3 Å².